The van der Waals surface area contributed by atoms with Crippen LogP contribution in [0, 0.1) is 0 Å². The highest BCUT2D eigenvalue weighted by atomic mass is 16.3. The van der Waals surface area contributed by atoms with Crippen molar-refractivity contribution >= 4 is 0 Å². The van der Waals surface area contributed by atoms with Crippen LogP contribution in [0.25, 0.3) is 0 Å². The highest BCUT2D eigenvalue weighted by Crippen LogP contribution is 2.32. The fourth-order valence-electron chi connectivity index (χ4n) is 2.50. The number of hydrogen-bond donors (Lipinski definition) is 1. The van der Waals surface area contributed by atoms with E-state index in [0.717, 1.165) is 31.6 Å². The van der Waals surface area contributed by atoms with Crippen LogP contribution in [-0.4, -0.2) is 38.9 Å². The van der Waals surface area contributed by atoms with E-state index in [9.17, 15) is 5.11 Å². The Labute approximate surface area is 96.9 Å². The summed E-state index contributed by atoms with van der Waals surface area (Å²) in [7, 11) is 1.89. The number of aryl methyl sites for hydroxylation is 1. The van der Waals surface area contributed by atoms with Gasteiger partial charge in [0.25, 0.3) is 0 Å². The van der Waals surface area contributed by atoms with Crippen LogP contribution < -0.4 is 0 Å². The van der Waals surface area contributed by atoms with Gasteiger partial charge in [0.05, 0.1) is 5.69 Å². The summed E-state index contributed by atoms with van der Waals surface area (Å²) in [5.41, 5.74) is 0.257. The van der Waals surface area contributed by atoms with Crippen molar-refractivity contribution in [1.29, 1.82) is 0 Å². The lowest BCUT2D eigenvalue weighted by Gasteiger charge is -2.39. The Hall–Kier alpha value is -0.870. The summed E-state index contributed by atoms with van der Waals surface area (Å²) in [6.07, 6.45) is 3.34. The van der Waals surface area contributed by atoms with Crippen molar-refractivity contribution in [1.82, 2.24) is 14.7 Å². The predicted octanol–water partition coefficient (Wildman–Crippen LogP) is 1.11. The number of rotatable bonds is 2. The minimum Gasteiger partial charge on any atom is -0.383 e. The molecule has 1 aromatic heterocycles. The number of piperidine rings is 1. The first-order valence-corrected chi connectivity index (χ1v) is 5.98. The molecule has 0 spiro atoms. The molecule has 1 N–H and O–H groups in total. The number of nitrogens with zero attached hydrogens (tertiary/aromatic N) is 3. The Kier molecular flexibility index (Phi) is 3.04. The maximum absolute atomic E-state index is 10.6. The summed E-state index contributed by atoms with van der Waals surface area (Å²) < 4.78 is 1.78. The molecule has 0 unspecified atom stereocenters. The van der Waals surface area contributed by atoms with Crippen LogP contribution in [0.1, 0.15) is 32.4 Å². The van der Waals surface area contributed by atoms with Crippen molar-refractivity contribution in [2.24, 2.45) is 7.05 Å². The van der Waals surface area contributed by atoms with E-state index in [4.69, 9.17) is 0 Å². The highest BCUT2D eigenvalue weighted by molar-refractivity contribution is 5.13. The number of hydrogen-bond acceptors (Lipinski definition) is 3. The van der Waals surface area contributed by atoms with Gasteiger partial charge < -0.3 is 10.0 Å². The van der Waals surface area contributed by atoms with E-state index in [-0.39, 0.29) is 0 Å². The van der Waals surface area contributed by atoms with Gasteiger partial charge in [-0.2, -0.15) is 5.10 Å². The minimum absolute atomic E-state index is 0.566. The second-order valence-corrected chi connectivity index (χ2v) is 5.00. The Morgan fingerprint density at radius 1 is 1.38 bits per heavy atom. The number of aromatic nitrogens is 2. The quantitative estimate of drug-likeness (QED) is 0.816. The van der Waals surface area contributed by atoms with Crippen molar-refractivity contribution in [3.05, 3.63) is 18.0 Å². The molecule has 1 aliphatic heterocycles. The smallest absolute Gasteiger partial charge is 0.109 e. The molecule has 4 heteroatoms. The number of likely N-dealkylation sites (tertiary alicyclic amines) is 1. The van der Waals surface area contributed by atoms with E-state index in [2.05, 4.69) is 23.8 Å². The highest BCUT2D eigenvalue weighted by Gasteiger charge is 2.36. The minimum atomic E-state index is -0.684. The summed E-state index contributed by atoms with van der Waals surface area (Å²) in [5.74, 6) is 0. The van der Waals surface area contributed by atoms with Gasteiger partial charge in [-0.05, 0) is 32.8 Å². The molecule has 0 radical (unpaired) electrons. The van der Waals surface area contributed by atoms with Gasteiger partial charge in [-0.3, -0.25) is 4.68 Å². The largest absolute Gasteiger partial charge is 0.383 e. The first kappa shape index (κ1) is 11.6. The van der Waals surface area contributed by atoms with Gasteiger partial charge in [-0.1, -0.05) is 0 Å². The Morgan fingerprint density at radius 3 is 2.44 bits per heavy atom. The molecular formula is C12H21N3O. The van der Waals surface area contributed by atoms with Gasteiger partial charge in [-0.25, -0.2) is 0 Å². The zero-order valence-corrected chi connectivity index (χ0v) is 10.3. The van der Waals surface area contributed by atoms with Crippen LogP contribution in [0.5, 0.6) is 0 Å². The molecule has 0 aliphatic carbocycles. The molecule has 0 aromatic carbocycles. The Bertz CT molecular complexity index is 351. The lowest BCUT2D eigenvalue weighted by Crippen LogP contribution is -2.46. The normalized spacial score (nSPS) is 21.6. The SMILES string of the molecule is CC(C)N1CCC(O)(c2ccnn2C)CC1. The van der Waals surface area contributed by atoms with Gasteiger partial charge >= 0.3 is 0 Å². The molecule has 2 heterocycles. The molecule has 0 saturated carbocycles. The van der Waals surface area contributed by atoms with E-state index in [1.807, 2.05) is 13.1 Å². The van der Waals surface area contributed by atoms with E-state index >= 15 is 0 Å². The van der Waals surface area contributed by atoms with Crippen molar-refractivity contribution in [3.8, 4) is 0 Å². The molecule has 0 bridgehead atoms. The lowest BCUT2D eigenvalue weighted by molar-refractivity contribution is -0.0381. The van der Waals surface area contributed by atoms with E-state index in [1.54, 1.807) is 10.9 Å². The van der Waals surface area contributed by atoms with Crippen LogP contribution in [0.15, 0.2) is 12.3 Å². The zero-order chi connectivity index (χ0) is 11.8. The molecule has 0 amide bonds. The van der Waals surface area contributed by atoms with Crippen molar-refractivity contribution in [3.63, 3.8) is 0 Å². The molecule has 1 fully saturated rings. The maximum atomic E-state index is 10.6. The second-order valence-electron chi connectivity index (χ2n) is 5.00. The average molecular weight is 223 g/mol. The monoisotopic (exact) mass is 223 g/mol. The van der Waals surface area contributed by atoms with E-state index in [0.29, 0.717) is 6.04 Å². The summed E-state index contributed by atoms with van der Waals surface area (Å²) in [5, 5.41) is 14.8. The van der Waals surface area contributed by atoms with Crippen molar-refractivity contribution < 1.29 is 5.11 Å². The average Bonchev–Trinajstić information content (AvgIpc) is 2.66. The van der Waals surface area contributed by atoms with Crippen LogP contribution in [-0.2, 0) is 12.6 Å². The number of aliphatic hydroxyl groups is 1. The van der Waals surface area contributed by atoms with Crippen molar-refractivity contribution in [2.75, 3.05) is 13.1 Å². The molecule has 0 atom stereocenters. The zero-order valence-electron chi connectivity index (χ0n) is 10.3. The summed E-state index contributed by atoms with van der Waals surface area (Å²) in [6.45, 7) is 6.32. The van der Waals surface area contributed by atoms with Gasteiger partial charge in [0.2, 0.25) is 0 Å². The summed E-state index contributed by atoms with van der Waals surface area (Å²) in [6, 6.07) is 2.49. The molecule has 16 heavy (non-hydrogen) atoms. The van der Waals surface area contributed by atoms with Gasteiger partial charge in [0.15, 0.2) is 0 Å². The van der Waals surface area contributed by atoms with Gasteiger partial charge in [0.1, 0.15) is 5.60 Å². The molecular weight excluding hydrogens is 202 g/mol. The predicted molar refractivity (Wildman–Crippen MR) is 63.0 cm³/mol. The molecule has 1 aromatic rings. The fraction of sp³-hybridized carbons (Fsp3) is 0.750. The van der Waals surface area contributed by atoms with Crippen LogP contribution >= 0.6 is 0 Å². The molecule has 90 valence electrons. The van der Waals surface area contributed by atoms with Gasteiger partial charge in [-0.15, -0.1) is 0 Å². The summed E-state index contributed by atoms with van der Waals surface area (Å²) >= 11 is 0. The topological polar surface area (TPSA) is 41.3 Å². The van der Waals surface area contributed by atoms with Crippen molar-refractivity contribution in [2.45, 2.75) is 38.3 Å². The fourth-order valence-corrected chi connectivity index (χ4v) is 2.50. The first-order chi connectivity index (χ1) is 7.53. The van der Waals surface area contributed by atoms with Crippen LogP contribution in [0.2, 0.25) is 0 Å². The van der Waals surface area contributed by atoms with Gasteiger partial charge in [0, 0.05) is 32.4 Å². The molecule has 1 saturated heterocycles. The molecule has 1 aliphatic rings. The molecule has 4 nitrogen and oxygen atoms in total. The Balaban J connectivity index is 2.10. The third-order valence-corrected chi connectivity index (χ3v) is 3.65. The first-order valence-electron chi connectivity index (χ1n) is 5.98. The third-order valence-electron chi connectivity index (χ3n) is 3.65. The standard InChI is InChI=1S/C12H21N3O/c1-10(2)15-8-5-12(16,6-9-15)11-4-7-13-14(11)3/h4,7,10,16H,5-6,8-9H2,1-3H3. The third kappa shape index (κ3) is 1.99. The van der Waals surface area contributed by atoms with Crippen LogP contribution in [0.3, 0.4) is 0 Å². The van der Waals surface area contributed by atoms with E-state index < -0.39 is 5.60 Å². The summed E-state index contributed by atoms with van der Waals surface area (Å²) in [4.78, 5) is 2.41. The second kappa shape index (κ2) is 4.18. The maximum Gasteiger partial charge on any atom is 0.109 e. The van der Waals surface area contributed by atoms with Crippen LogP contribution in [0.4, 0.5) is 0 Å². The van der Waals surface area contributed by atoms with E-state index in [1.165, 1.54) is 0 Å². The molecule has 2 rings (SSSR count). The lowest BCUT2D eigenvalue weighted by atomic mass is 9.87. The Morgan fingerprint density at radius 2 is 2.00 bits per heavy atom.